The van der Waals surface area contributed by atoms with Crippen LogP contribution >= 0.6 is 11.8 Å². The molecular formula is C15H31NaO2S. The second kappa shape index (κ2) is 18.8. The fraction of sp³-hybridized carbons (Fsp3) is 0.933. The van der Waals surface area contributed by atoms with Crippen LogP contribution in [-0.4, -0.2) is 52.1 Å². The third-order valence-electron chi connectivity index (χ3n) is 3.10. The molecule has 0 amide bonds. The molecule has 19 heavy (non-hydrogen) atoms. The van der Waals surface area contributed by atoms with Crippen molar-refractivity contribution in [2.24, 2.45) is 0 Å². The summed E-state index contributed by atoms with van der Waals surface area (Å²) in [4.78, 5) is 10.3. The van der Waals surface area contributed by atoms with E-state index in [-0.39, 0.29) is 29.6 Å². The van der Waals surface area contributed by atoms with E-state index in [1.165, 1.54) is 64.2 Å². The number of aliphatic carboxylic acids is 1. The fourth-order valence-electron chi connectivity index (χ4n) is 1.95. The Morgan fingerprint density at radius 3 is 1.79 bits per heavy atom. The first-order valence-electron chi connectivity index (χ1n) is 7.57. The van der Waals surface area contributed by atoms with Crippen LogP contribution in [0.5, 0.6) is 0 Å². The van der Waals surface area contributed by atoms with Gasteiger partial charge in [-0.3, -0.25) is 4.79 Å². The van der Waals surface area contributed by atoms with Gasteiger partial charge in [0.15, 0.2) is 0 Å². The van der Waals surface area contributed by atoms with Gasteiger partial charge >= 0.3 is 35.5 Å². The number of hydrogen-bond acceptors (Lipinski definition) is 2. The standard InChI is InChI=1S/C15H30O2S.Na.H/c1-2-3-4-5-6-7-8-9-10-11-13-18-14-12-15(16)17;;/h2-14H2,1H3,(H,16,17);;. The van der Waals surface area contributed by atoms with Crippen molar-refractivity contribution < 1.29 is 9.90 Å². The van der Waals surface area contributed by atoms with Crippen LogP contribution in [0.4, 0.5) is 0 Å². The van der Waals surface area contributed by atoms with E-state index in [1.807, 2.05) is 0 Å². The number of rotatable bonds is 14. The molecule has 1 N–H and O–H groups in total. The van der Waals surface area contributed by atoms with Crippen molar-refractivity contribution in [2.45, 2.75) is 77.6 Å². The zero-order valence-corrected chi connectivity index (χ0v) is 12.8. The molecule has 0 aromatic carbocycles. The molecule has 0 saturated heterocycles. The molecule has 0 spiro atoms. The Balaban J connectivity index is 0. The normalized spacial score (nSPS) is 10.2. The molecule has 0 saturated carbocycles. The van der Waals surface area contributed by atoms with Gasteiger partial charge in [-0.1, -0.05) is 64.7 Å². The van der Waals surface area contributed by atoms with Gasteiger partial charge in [-0.2, -0.15) is 11.8 Å². The predicted octanol–water partition coefficient (Wildman–Crippen LogP) is 4.47. The monoisotopic (exact) mass is 298 g/mol. The molecule has 4 heteroatoms. The summed E-state index contributed by atoms with van der Waals surface area (Å²) in [6, 6.07) is 0. The maximum atomic E-state index is 10.3. The van der Waals surface area contributed by atoms with E-state index in [0.29, 0.717) is 6.42 Å². The van der Waals surface area contributed by atoms with E-state index < -0.39 is 5.97 Å². The second-order valence-electron chi connectivity index (χ2n) is 4.94. The summed E-state index contributed by atoms with van der Waals surface area (Å²) >= 11 is 1.78. The van der Waals surface area contributed by atoms with Crippen LogP contribution in [0.3, 0.4) is 0 Å². The molecule has 0 aliphatic rings. The summed E-state index contributed by atoms with van der Waals surface area (Å²) in [5, 5.41) is 8.48. The van der Waals surface area contributed by atoms with Gasteiger partial charge in [0.2, 0.25) is 0 Å². The van der Waals surface area contributed by atoms with Gasteiger partial charge in [-0.25, -0.2) is 0 Å². The maximum absolute atomic E-state index is 10.3. The van der Waals surface area contributed by atoms with Crippen molar-refractivity contribution in [1.29, 1.82) is 0 Å². The van der Waals surface area contributed by atoms with Gasteiger partial charge in [-0.15, -0.1) is 0 Å². The third kappa shape index (κ3) is 21.3. The summed E-state index contributed by atoms with van der Waals surface area (Å²) in [7, 11) is 0. The SMILES string of the molecule is CCCCCCCCCCCCSCCC(=O)O.[NaH]. The molecular weight excluding hydrogens is 267 g/mol. The predicted molar refractivity (Wildman–Crippen MR) is 88.6 cm³/mol. The van der Waals surface area contributed by atoms with E-state index in [0.717, 1.165) is 11.5 Å². The van der Waals surface area contributed by atoms with Crippen molar-refractivity contribution in [1.82, 2.24) is 0 Å². The van der Waals surface area contributed by atoms with E-state index in [2.05, 4.69) is 6.92 Å². The third-order valence-corrected chi connectivity index (χ3v) is 4.17. The molecule has 0 aliphatic carbocycles. The quantitative estimate of drug-likeness (QED) is 0.380. The first-order chi connectivity index (χ1) is 8.77. The van der Waals surface area contributed by atoms with Gasteiger partial charge in [0, 0.05) is 5.75 Å². The van der Waals surface area contributed by atoms with E-state index >= 15 is 0 Å². The van der Waals surface area contributed by atoms with E-state index in [4.69, 9.17) is 5.11 Å². The molecule has 0 bridgehead atoms. The van der Waals surface area contributed by atoms with Crippen LogP contribution in [0.15, 0.2) is 0 Å². The molecule has 0 aliphatic heterocycles. The molecule has 110 valence electrons. The van der Waals surface area contributed by atoms with Crippen LogP contribution < -0.4 is 0 Å². The molecule has 0 atom stereocenters. The van der Waals surface area contributed by atoms with Gasteiger partial charge in [-0.05, 0) is 12.2 Å². The fourth-order valence-corrected chi connectivity index (χ4v) is 2.88. The minimum atomic E-state index is -0.675. The number of carboxylic acids is 1. The Labute approximate surface area is 145 Å². The first kappa shape index (κ1) is 22.1. The van der Waals surface area contributed by atoms with Crippen LogP contribution in [0.2, 0.25) is 0 Å². The van der Waals surface area contributed by atoms with Gasteiger partial charge in [0.1, 0.15) is 0 Å². The Morgan fingerprint density at radius 1 is 0.842 bits per heavy atom. The van der Waals surface area contributed by atoms with Crippen LogP contribution in [-0.2, 0) is 4.79 Å². The molecule has 2 nitrogen and oxygen atoms in total. The van der Waals surface area contributed by atoms with Crippen molar-refractivity contribution in [3.8, 4) is 0 Å². The minimum absolute atomic E-state index is 0. The number of unbranched alkanes of at least 4 members (excludes halogenated alkanes) is 9. The Bertz CT molecular complexity index is 189. The Morgan fingerprint density at radius 2 is 1.32 bits per heavy atom. The second-order valence-corrected chi connectivity index (χ2v) is 6.16. The van der Waals surface area contributed by atoms with E-state index in [9.17, 15) is 4.79 Å². The molecule has 0 aromatic rings. The Kier molecular flexibility index (Phi) is 21.9. The molecule has 0 rings (SSSR count). The summed E-state index contributed by atoms with van der Waals surface area (Å²) in [5.74, 6) is 1.22. The summed E-state index contributed by atoms with van der Waals surface area (Å²) in [6.45, 7) is 2.26. The van der Waals surface area contributed by atoms with Crippen LogP contribution in [0, 0.1) is 0 Å². The van der Waals surface area contributed by atoms with Crippen molar-refractivity contribution >= 4 is 47.3 Å². The molecule has 0 aromatic heterocycles. The Hall–Kier alpha value is 0.820. The number of thioether (sulfide) groups is 1. The topological polar surface area (TPSA) is 37.3 Å². The van der Waals surface area contributed by atoms with Crippen LogP contribution in [0.25, 0.3) is 0 Å². The zero-order valence-electron chi connectivity index (χ0n) is 12.0. The number of hydrogen-bond donors (Lipinski definition) is 1. The van der Waals surface area contributed by atoms with Crippen molar-refractivity contribution in [3.05, 3.63) is 0 Å². The molecule has 0 heterocycles. The van der Waals surface area contributed by atoms with Crippen molar-refractivity contribution in [3.63, 3.8) is 0 Å². The van der Waals surface area contributed by atoms with Crippen molar-refractivity contribution in [2.75, 3.05) is 11.5 Å². The first-order valence-corrected chi connectivity index (χ1v) is 8.72. The number of carbonyl (C=O) groups is 1. The van der Waals surface area contributed by atoms with Gasteiger partial charge < -0.3 is 5.11 Å². The number of carboxylic acid groups (broad SMARTS) is 1. The molecule has 0 radical (unpaired) electrons. The van der Waals surface area contributed by atoms with E-state index in [1.54, 1.807) is 11.8 Å². The average molecular weight is 298 g/mol. The molecule has 0 fully saturated rings. The summed E-state index contributed by atoms with van der Waals surface area (Å²) in [5.41, 5.74) is 0. The zero-order chi connectivity index (χ0) is 13.5. The summed E-state index contributed by atoms with van der Waals surface area (Å²) in [6.07, 6.45) is 14.0. The van der Waals surface area contributed by atoms with Gasteiger partial charge in [0.05, 0.1) is 6.42 Å². The van der Waals surface area contributed by atoms with Crippen LogP contribution in [0.1, 0.15) is 77.6 Å². The van der Waals surface area contributed by atoms with Gasteiger partial charge in [0.25, 0.3) is 0 Å². The summed E-state index contributed by atoms with van der Waals surface area (Å²) < 4.78 is 0. The molecule has 0 unspecified atom stereocenters. The average Bonchev–Trinajstić information content (AvgIpc) is 2.34.